The van der Waals surface area contributed by atoms with Crippen LogP contribution >= 0.6 is 53.4 Å². The van der Waals surface area contributed by atoms with E-state index >= 15 is 0 Å². The van der Waals surface area contributed by atoms with Crippen LogP contribution in [0.4, 0.5) is 0 Å². The van der Waals surface area contributed by atoms with Gasteiger partial charge in [0.1, 0.15) is 0 Å². The molecule has 0 aliphatic heterocycles. The minimum absolute atomic E-state index is 0.675. The normalized spacial score (nSPS) is 11.1. The van der Waals surface area contributed by atoms with Crippen molar-refractivity contribution in [2.24, 2.45) is 0 Å². The second-order valence-corrected chi connectivity index (χ2v) is 7.76. The lowest BCUT2D eigenvalue weighted by molar-refractivity contribution is 0.0606. The van der Waals surface area contributed by atoms with Crippen LogP contribution < -0.4 is 0 Å². The fraction of sp³-hybridized carbons (Fsp3) is 1.00. The van der Waals surface area contributed by atoms with E-state index in [1.807, 2.05) is 21.6 Å². The number of rotatable bonds is 17. The van der Waals surface area contributed by atoms with Gasteiger partial charge < -0.3 is 18.9 Å². The van der Waals surface area contributed by atoms with Gasteiger partial charge in [-0.1, -0.05) is 53.4 Å². The molecule has 0 N–H and O–H groups in total. The summed E-state index contributed by atoms with van der Waals surface area (Å²) in [5, 5.41) is 1.76. The maximum Gasteiger partial charge on any atom is 0.0700 e. The zero-order chi connectivity index (χ0) is 14.7. The van der Waals surface area contributed by atoms with Gasteiger partial charge in [-0.25, -0.2) is 0 Å². The van der Waals surface area contributed by atoms with E-state index < -0.39 is 0 Å². The summed E-state index contributed by atoms with van der Waals surface area (Å²) in [6, 6.07) is 0. The molecule has 0 unspecified atom stereocenters. The molecule has 0 heterocycles. The first-order chi connectivity index (χ1) is 9.91. The fourth-order valence-corrected chi connectivity index (χ4v) is 3.24. The molecule has 0 spiro atoms. The van der Waals surface area contributed by atoms with Crippen molar-refractivity contribution in [2.45, 2.75) is 0 Å². The lowest BCUT2D eigenvalue weighted by Crippen LogP contribution is -2.08. The van der Waals surface area contributed by atoms with Crippen molar-refractivity contribution in [1.82, 2.24) is 0 Å². The van der Waals surface area contributed by atoms with Crippen LogP contribution in [-0.2, 0) is 18.9 Å². The summed E-state index contributed by atoms with van der Waals surface area (Å²) >= 11 is 6.61. The Morgan fingerprint density at radius 2 is 0.850 bits per heavy atom. The molecule has 0 aromatic heterocycles. The zero-order valence-electron chi connectivity index (χ0n) is 11.7. The predicted octanol–water partition coefficient (Wildman–Crippen LogP) is 3.22. The van der Waals surface area contributed by atoms with Crippen LogP contribution in [0.3, 0.4) is 0 Å². The van der Waals surface area contributed by atoms with Gasteiger partial charge >= 0.3 is 0 Å². The minimum atomic E-state index is 0.675. The number of ether oxygens (including phenoxy) is 4. The molecular formula is C12H24Br2O4S2. The molecule has 0 fully saturated rings. The van der Waals surface area contributed by atoms with Crippen LogP contribution in [-0.4, -0.2) is 75.0 Å². The first-order valence-electron chi connectivity index (χ1n) is 6.59. The molecule has 0 aliphatic rings. The van der Waals surface area contributed by atoms with E-state index in [0.717, 1.165) is 48.6 Å². The Balaban J connectivity index is 2.89. The highest BCUT2D eigenvalue weighted by Crippen LogP contribution is 2.20. The third-order valence-corrected chi connectivity index (χ3v) is 4.87. The summed E-state index contributed by atoms with van der Waals surface area (Å²) in [7, 11) is 3.64. The molecule has 0 amide bonds. The van der Waals surface area contributed by atoms with E-state index in [-0.39, 0.29) is 0 Å². The molecule has 0 bridgehead atoms. The quantitative estimate of drug-likeness (QED) is 0.190. The Kier molecular flexibility index (Phi) is 22.0. The van der Waals surface area contributed by atoms with Gasteiger partial charge in [0.25, 0.3) is 0 Å². The molecule has 4 nitrogen and oxygen atoms in total. The molecule has 0 saturated carbocycles. The number of alkyl halides is 2. The molecule has 20 heavy (non-hydrogen) atoms. The van der Waals surface area contributed by atoms with Crippen LogP contribution in [0, 0.1) is 0 Å². The molecule has 0 radical (unpaired) electrons. The van der Waals surface area contributed by atoms with E-state index in [0.29, 0.717) is 26.4 Å². The molecule has 0 aromatic carbocycles. The third kappa shape index (κ3) is 19.5. The number of halogens is 2. The maximum atomic E-state index is 5.44. The van der Waals surface area contributed by atoms with Gasteiger partial charge in [0.05, 0.1) is 52.9 Å². The first-order valence-corrected chi connectivity index (χ1v) is 11.3. The van der Waals surface area contributed by atoms with Crippen molar-refractivity contribution in [2.75, 3.05) is 75.0 Å². The first kappa shape index (κ1) is 21.5. The molecule has 0 atom stereocenters. The van der Waals surface area contributed by atoms with E-state index in [1.54, 1.807) is 0 Å². The highest BCUT2D eigenvalue weighted by atomic mass is 79.9. The predicted molar refractivity (Wildman–Crippen MR) is 95.8 cm³/mol. The zero-order valence-corrected chi connectivity index (χ0v) is 16.5. The molecular weight excluding hydrogens is 432 g/mol. The van der Waals surface area contributed by atoms with Gasteiger partial charge in [-0.2, -0.15) is 0 Å². The molecule has 0 rings (SSSR count). The van der Waals surface area contributed by atoms with Crippen molar-refractivity contribution in [3.05, 3.63) is 0 Å². The van der Waals surface area contributed by atoms with Crippen molar-refractivity contribution >= 4 is 53.4 Å². The fourth-order valence-electron chi connectivity index (χ4n) is 1.06. The number of hydrogen-bond acceptors (Lipinski definition) is 6. The van der Waals surface area contributed by atoms with Crippen LogP contribution in [0.5, 0.6) is 0 Å². The molecule has 122 valence electrons. The monoisotopic (exact) mass is 454 g/mol. The van der Waals surface area contributed by atoms with Crippen LogP contribution in [0.1, 0.15) is 0 Å². The summed E-state index contributed by atoms with van der Waals surface area (Å²) in [5.41, 5.74) is 0. The Hall–Kier alpha value is 1.50. The number of hydrogen-bond donors (Lipinski definition) is 0. The molecule has 8 heteroatoms. The van der Waals surface area contributed by atoms with Gasteiger partial charge in [0.15, 0.2) is 0 Å². The Labute approximate surface area is 147 Å². The lowest BCUT2D eigenvalue weighted by atomic mass is 10.7. The Morgan fingerprint density at radius 3 is 1.20 bits per heavy atom. The second-order valence-electron chi connectivity index (χ2n) is 3.47. The second kappa shape index (κ2) is 20.5. The van der Waals surface area contributed by atoms with Gasteiger partial charge in [0.2, 0.25) is 0 Å². The van der Waals surface area contributed by atoms with Crippen molar-refractivity contribution in [3.63, 3.8) is 0 Å². The lowest BCUT2D eigenvalue weighted by Gasteiger charge is -2.05. The van der Waals surface area contributed by atoms with E-state index in [1.165, 1.54) is 0 Å². The van der Waals surface area contributed by atoms with Gasteiger partial charge in [-0.3, -0.25) is 0 Å². The minimum Gasteiger partial charge on any atom is -0.378 e. The van der Waals surface area contributed by atoms with Crippen molar-refractivity contribution < 1.29 is 18.9 Å². The summed E-state index contributed by atoms with van der Waals surface area (Å²) < 4.78 is 21.4. The van der Waals surface area contributed by atoms with Crippen LogP contribution in [0.2, 0.25) is 0 Å². The highest BCUT2D eigenvalue weighted by Gasteiger charge is 1.94. The molecule has 0 aliphatic carbocycles. The molecule has 0 saturated heterocycles. The van der Waals surface area contributed by atoms with Crippen molar-refractivity contribution in [1.29, 1.82) is 0 Å². The Bertz CT molecular complexity index is 164. The summed E-state index contributed by atoms with van der Waals surface area (Å²) in [4.78, 5) is 0. The topological polar surface area (TPSA) is 36.9 Å². The van der Waals surface area contributed by atoms with Gasteiger partial charge in [-0.05, 0) is 0 Å². The van der Waals surface area contributed by atoms with Crippen molar-refractivity contribution in [3.8, 4) is 0 Å². The Morgan fingerprint density at radius 1 is 0.500 bits per heavy atom. The maximum absolute atomic E-state index is 5.44. The third-order valence-electron chi connectivity index (χ3n) is 1.89. The average molecular weight is 456 g/mol. The van der Waals surface area contributed by atoms with Crippen LogP contribution in [0.25, 0.3) is 0 Å². The van der Waals surface area contributed by atoms with Gasteiger partial charge in [0, 0.05) is 22.2 Å². The summed E-state index contributed by atoms with van der Waals surface area (Å²) in [6.45, 7) is 5.74. The summed E-state index contributed by atoms with van der Waals surface area (Å²) in [5.74, 6) is 1.99. The van der Waals surface area contributed by atoms with E-state index in [4.69, 9.17) is 18.9 Å². The standard InChI is InChI=1S/C12H24Br2O4S2/c13-1-3-15-5-7-17-9-11-19-20-12-10-18-8-6-16-4-2-14/h1-12H2. The van der Waals surface area contributed by atoms with E-state index in [2.05, 4.69) is 31.9 Å². The average Bonchev–Trinajstić information content (AvgIpc) is 2.47. The molecule has 0 aromatic rings. The smallest absolute Gasteiger partial charge is 0.0700 e. The largest absolute Gasteiger partial charge is 0.378 e. The highest BCUT2D eigenvalue weighted by molar-refractivity contribution is 9.09. The van der Waals surface area contributed by atoms with Gasteiger partial charge in [-0.15, -0.1) is 0 Å². The SMILES string of the molecule is BrCCOCCOCCSSCCOCCOCCBr. The summed E-state index contributed by atoms with van der Waals surface area (Å²) in [6.07, 6.45) is 0. The van der Waals surface area contributed by atoms with E-state index in [9.17, 15) is 0 Å². The van der Waals surface area contributed by atoms with Crippen LogP contribution in [0.15, 0.2) is 0 Å².